The lowest BCUT2D eigenvalue weighted by molar-refractivity contribution is -0.198. The van der Waals surface area contributed by atoms with Crippen LogP contribution in [0.2, 0.25) is 0 Å². The molecule has 0 aromatic rings. The van der Waals surface area contributed by atoms with Gasteiger partial charge in [-0.25, -0.2) is 0 Å². The van der Waals surface area contributed by atoms with Crippen molar-refractivity contribution in [1.29, 1.82) is 0 Å². The predicted octanol–water partition coefficient (Wildman–Crippen LogP) is 2.53. The van der Waals surface area contributed by atoms with E-state index in [0.717, 1.165) is 17.9 Å². The molecule has 2 amide bonds. The van der Waals surface area contributed by atoms with Crippen LogP contribution in [0.3, 0.4) is 0 Å². The lowest BCUT2D eigenvalue weighted by Crippen LogP contribution is -2.35. The van der Waals surface area contributed by atoms with Gasteiger partial charge in [-0.05, 0) is 25.7 Å². The molecule has 2 rings (SSSR count). The highest BCUT2D eigenvalue weighted by Crippen LogP contribution is 2.35. The topological polar surface area (TPSA) is 63.7 Å². The highest BCUT2D eigenvalue weighted by molar-refractivity contribution is 14.1. The number of amides is 2. The highest BCUT2D eigenvalue weighted by atomic mass is 127. The quantitative estimate of drug-likeness (QED) is 0.321. The number of halogens is 1. The molecule has 2 unspecified atom stereocenters. The van der Waals surface area contributed by atoms with Crippen molar-refractivity contribution in [2.45, 2.75) is 51.6 Å². The van der Waals surface area contributed by atoms with Gasteiger partial charge in [-0.1, -0.05) is 19.1 Å². The van der Waals surface area contributed by atoms with Crippen LogP contribution < -0.4 is 0 Å². The van der Waals surface area contributed by atoms with Gasteiger partial charge in [0.25, 0.3) is 11.8 Å². The number of carbonyl (C=O) groups excluding carboxylic acids is 3. The molecule has 0 aromatic carbocycles. The van der Waals surface area contributed by atoms with E-state index in [1.807, 2.05) is 41.7 Å². The third kappa shape index (κ3) is 3.46. The molecule has 20 heavy (non-hydrogen) atoms. The fourth-order valence-electron chi connectivity index (χ4n) is 2.43. The first-order chi connectivity index (χ1) is 9.42. The maximum absolute atomic E-state index is 11.7. The molecule has 1 fully saturated rings. The summed E-state index contributed by atoms with van der Waals surface area (Å²) in [5.41, 5.74) is -0.355. The Kier molecular flexibility index (Phi) is 4.95. The van der Waals surface area contributed by atoms with Gasteiger partial charge >= 0.3 is 0 Å². The molecular weight excluding hydrogens is 373 g/mol. The number of hydrogen-bond acceptors (Lipinski definition) is 4. The van der Waals surface area contributed by atoms with Gasteiger partial charge in [0.05, 0.1) is 0 Å². The molecule has 0 aromatic heterocycles. The van der Waals surface area contributed by atoms with Crippen molar-refractivity contribution in [1.82, 2.24) is 5.06 Å². The Bertz CT molecular complexity index is 446. The molecule has 0 saturated carbocycles. The Morgan fingerprint density at radius 2 is 2.00 bits per heavy atom. The van der Waals surface area contributed by atoms with Crippen LogP contribution in [-0.2, 0) is 19.2 Å². The van der Waals surface area contributed by atoms with Gasteiger partial charge in [0.2, 0.25) is 0 Å². The Hall–Kier alpha value is -0.760. The standard InChI is InChI=1S/C14H18INO4/c1-14(13(15)19)8-3-2-4-10(7-9-14)20-16-11(17)5-6-12(16)18/h2,4,10H,3,5-9H2,1H3/b4-2+. The van der Waals surface area contributed by atoms with Gasteiger partial charge < -0.3 is 0 Å². The molecule has 1 aliphatic heterocycles. The van der Waals surface area contributed by atoms with Crippen molar-refractivity contribution < 1.29 is 19.2 Å². The average molecular weight is 391 g/mol. The zero-order valence-corrected chi connectivity index (χ0v) is 13.6. The minimum absolute atomic E-state index is 0.150. The van der Waals surface area contributed by atoms with Gasteiger partial charge in [0.1, 0.15) is 6.10 Å². The van der Waals surface area contributed by atoms with Crippen LogP contribution >= 0.6 is 22.6 Å². The Morgan fingerprint density at radius 3 is 2.60 bits per heavy atom. The van der Waals surface area contributed by atoms with E-state index in [9.17, 15) is 14.4 Å². The van der Waals surface area contributed by atoms with Crippen LogP contribution in [0.4, 0.5) is 0 Å². The summed E-state index contributed by atoms with van der Waals surface area (Å²) in [4.78, 5) is 40.4. The van der Waals surface area contributed by atoms with E-state index < -0.39 is 0 Å². The van der Waals surface area contributed by atoms with Crippen molar-refractivity contribution in [3.05, 3.63) is 12.2 Å². The second-order valence-corrected chi connectivity index (χ2v) is 6.55. The van der Waals surface area contributed by atoms with E-state index in [-0.39, 0.29) is 40.0 Å². The summed E-state index contributed by atoms with van der Waals surface area (Å²) in [6.07, 6.45) is 6.91. The summed E-state index contributed by atoms with van der Waals surface area (Å²) in [5, 5.41) is 0.889. The van der Waals surface area contributed by atoms with E-state index in [2.05, 4.69) is 0 Å². The fourth-order valence-corrected chi connectivity index (χ4v) is 2.96. The highest BCUT2D eigenvalue weighted by Gasteiger charge is 2.35. The van der Waals surface area contributed by atoms with E-state index in [4.69, 9.17) is 4.84 Å². The average Bonchev–Trinajstić information content (AvgIpc) is 2.69. The maximum atomic E-state index is 11.7. The van der Waals surface area contributed by atoms with Crippen molar-refractivity contribution in [2.75, 3.05) is 0 Å². The summed E-state index contributed by atoms with van der Waals surface area (Å²) in [6.45, 7) is 1.96. The van der Waals surface area contributed by atoms with Gasteiger partial charge in [-0.3, -0.25) is 19.2 Å². The molecule has 0 spiro atoms. The molecule has 5 nitrogen and oxygen atoms in total. The number of imide groups is 1. The number of hydroxylamine groups is 2. The minimum atomic E-state index is -0.355. The Morgan fingerprint density at radius 1 is 1.35 bits per heavy atom. The summed E-state index contributed by atoms with van der Waals surface area (Å²) in [7, 11) is 0. The normalized spacial score (nSPS) is 32.9. The lowest BCUT2D eigenvalue weighted by Gasteiger charge is -2.29. The smallest absolute Gasteiger partial charge is 0.254 e. The Labute approximate surface area is 131 Å². The molecule has 110 valence electrons. The SMILES string of the molecule is CC1(C(=O)I)CC/C=C/C(ON2C(=O)CCC2=O)CC1. The third-order valence-corrected chi connectivity index (χ3v) is 5.22. The van der Waals surface area contributed by atoms with Gasteiger partial charge in [-0.15, -0.1) is 0 Å². The Balaban J connectivity index is 2.02. The van der Waals surface area contributed by atoms with Crippen molar-refractivity contribution in [3.63, 3.8) is 0 Å². The van der Waals surface area contributed by atoms with Crippen LogP contribution in [0.5, 0.6) is 0 Å². The molecule has 2 atom stereocenters. The van der Waals surface area contributed by atoms with Gasteiger partial charge in [0, 0.05) is 40.8 Å². The first kappa shape index (κ1) is 15.6. The van der Waals surface area contributed by atoms with Crippen LogP contribution in [0.15, 0.2) is 12.2 Å². The minimum Gasteiger partial charge on any atom is -0.287 e. The molecule has 0 N–H and O–H groups in total. The second kappa shape index (κ2) is 6.34. The number of carbonyl (C=O) groups is 3. The molecule has 1 aliphatic carbocycles. The maximum Gasteiger partial charge on any atom is 0.254 e. The van der Waals surface area contributed by atoms with E-state index in [1.54, 1.807) is 0 Å². The van der Waals surface area contributed by atoms with Crippen LogP contribution in [-0.4, -0.2) is 26.8 Å². The molecule has 2 aliphatic rings. The molecule has 1 heterocycles. The number of allylic oxidation sites excluding steroid dienone is 1. The van der Waals surface area contributed by atoms with Crippen LogP contribution in [0, 0.1) is 5.41 Å². The van der Waals surface area contributed by atoms with Crippen LogP contribution in [0.1, 0.15) is 45.4 Å². The number of rotatable bonds is 3. The molecule has 0 bridgehead atoms. The predicted molar refractivity (Wildman–Crippen MR) is 80.7 cm³/mol. The first-order valence-electron chi connectivity index (χ1n) is 6.81. The zero-order chi connectivity index (χ0) is 14.8. The van der Waals surface area contributed by atoms with Gasteiger partial charge in [0.15, 0.2) is 3.79 Å². The first-order valence-corrected chi connectivity index (χ1v) is 7.89. The van der Waals surface area contributed by atoms with Crippen molar-refractivity contribution in [3.8, 4) is 0 Å². The summed E-state index contributed by atoms with van der Waals surface area (Å²) in [6, 6.07) is 0. The van der Waals surface area contributed by atoms with Crippen molar-refractivity contribution >= 4 is 38.2 Å². The number of nitrogens with zero attached hydrogens (tertiary/aromatic N) is 1. The number of hydrogen-bond donors (Lipinski definition) is 0. The van der Waals surface area contributed by atoms with Crippen molar-refractivity contribution in [2.24, 2.45) is 5.41 Å². The molecule has 6 heteroatoms. The van der Waals surface area contributed by atoms with E-state index in [1.165, 1.54) is 0 Å². The summed E-state index contributed by atoms with van der Waals surface area (Å²) < 4.78 is 0.150. The molecular formula is C14H18INO4. The van der Waals surface area contributed by atoms with Crippen LogP contribution in [0.25, 0.3) is 0 Å². The van der Waals surface area contributed by atoms with E-state index >= 15 is 0 Å². The fraction of sp³-hybridized carbons (Fsp3) is 0.643. The summed E-state index contributed by atoms with van der Waals surface area (Å²) in [5.74, 6) is -0.559. The largest absolute Gasteiger partial charge is 0.287 e. The van der Waals surface area contributed by atoms with E-state index in [0.29, 0.717) is 12.8 Å². The second-order valence-electron chi connectivity index (χ2n) is 5.57. The zero-order valence-electron chi connectivity index (χ0n) is 11.4. The summed E-state index contributed by atoms with van der Waals surface area (Å²) >= 11 is 1.85. The lowest BCUT2D eigenvalue weighted by atomic mass is 9.80. The monoisotopic (exact) mass is 391 g/mol. The molecule has 1 saturated heterocycles. The third-order valence-electron chi connectivity index (χ3n) is 3.92. The van der Waals surface area contributed by atoms with Gasteiger partial charge in [-0.2, -0.15) is 5.06 Å². The molecule has 0 radical (unpaired) electrons.